The maximum absolute atomic E-state index is 2.43. The fraction of sp³-hybridized carbons (Fsp3) is 0.0588. The Hall–Kier alpha value is -6.44. The summed E-state index contributed by atoms with van der Waals surface area (Å²) in [4.78, 5) is 2.43. The third-order valence-corrected chi connectivity index (χ3v) is 10.6. The van der Waals surface area contributed by atoms with Gasteiger partial charge in [-0.2, -0.15) is 0 Å². The van der Waals surface area contributed by atoms with Crippen LogP contribution >= 0.6 is 0 Å². The molecule has 0 aliphatic heterocycles. The first-order chi connectivity index (χ1) is 25.5. The molecule has 8 aromatic carbocycles. The van der Waals surface area contributed by atoms with Crippen molar-refractivity contribution in [2.75, 3.05) is 4.90 Å². The van der Waals surface area contributed by atoms with Crippen LogP contribution in [0, 0.1) is 0 Å². The fourth-order valence-corrected chi connectivity index (χ4v) is 8.08. The van der Waals surface area contributed by atoms with Gasteiger partial charge in [-0.25, -0.2) is 0 Å². The van der Waals surface area contributed by atoms with E-state index in [1.807, 2.05) is 0 Å². The molecule has 0 amide bonds. The van der Waals surface area contributed by atoms with Crippen LogP contribution in [0.2, 0.25) is 0 Å². The molecule has 1 aliphatic rings. The molecule has 1 nitrogen and oxygen atoms in total. The van der Waals surface area contributed by atoms with Crippen molar-refractivity contribution in [2.45, 2.75) is 19.3 Å². The highest BCUT2D eigenvalue weighted by molar-refractivity contribution is 5.94. The van der Waals surface area contributed by atoms with Crippen LogP contribution in [0.3, 0.4) is 0 Å². The van der Waals surface area contributed by atoms with E-state index in [4.69, 9.17) is 0 Å². The number of nitrogens with zero attached hydrogens (tertiary/aromatic N) is 1. The summed E-state index contributed by atoms with van der Waals surface area (Å²) < 4.78 is 0. The molecule has 9 rings (SSSR count). The molecule has 0 heterocycles. The average molecular weight is 666 g/mol. The van der Waals surface area contributed by atoms with E-state index >= 15 is 0 Å². The molecule has 0 bridgehead atoms. The number of fused-ring (bicyclic) bond motifs is 3. The quantitative estimate of drug-likeness (QED) is 0.164. The molecule has 0 N–H and O–H groups in total. The summed E-state index contributed by atoms with van der Waals surface area (Å²) in [5.74, 6) is 0. The van der Waals surface area contributed by atoms with Crippen LogP contribution in [0.1, 0.15) is 25.0 Å². The van der Waals surface area contributed by atoms with Crippen molar-refractivity contribution in [3.8, 4) is 55.6 Å². The van der Waals surface area contributed by atoms with E-state index in [1.54, 1.807) is 0 Å². The van der Waals surface area contributed by atoms with Crippen LogP contribution in [0.25, 0.3) is 55.6 Å². The summed E-state index contributed by atoms with van der Waals surface area (Å²) in [6, 6.07) is 72.8. The van der Waals surface area contributed by atoms with Crippen molar-refractivity contribution < 1.29 is 0 Å². The molecule has 0 atom stereocenters. The Morgan fingerprint density at radius 3 is 1.38 bits per heavy atom. The SMILES string of the molecule is CC1(C)c2ccccc2-c2cc(N(c3ccc(-c4ccccc4)cc3)c3cccc(-c4ccc(-c5ccccc5)cc4)c3)cc(-c3ccccc3)c21. The van der Waals surface area contributed by atoms with E-state index < -0.39 is 0 Å². The largest absolute Gasteiger partial charge is 0.310 e. The van der Waals surface area contributed by atoms with Gasteiger partial charge in [-0.1, -0.05) is 178 Å². The van der Waals surface area contributed by atoms with Gasteiger partial charge in [0, 0.05) is 22.5 Å². The van der Waals surface area contributed by atoms with Gasteiger partial charge in [0.1, 0.15) is 0 Å². The predicted octanol–water partition coefficient (Wildman–Crippen LogP) is 14.1. The van der Waals surface area contributed by atoms with Crippen LogP contribution in [0.15, 0.2) is 200 Å². The van der Waals surface area contributed by atoms with Gasteiger partial charge >= 0.3 is 0 Å². The first kappa shape index (κ1) is 31.5. The van der Waals surface area contributed by atoms with Crippen molar-refractivity contribution >= 4 is 17.1 Å². The van der Waals surface area contributed by atoms with Crippen LogP contribution in [-0.4, -0.2) is 0 Å². The predicted molar refractivity (Wildman–Crippen MR) is 220 cm³/mol. The topological polar surface area (TPSA) is 3.24 Å². The lowest BCUT2D eigenvalue weighted by molar-refractivity contribution is 0.662. The Labute approximate surface area is 307 Å². The van der Waals surface area contributed by atoms with E-state index in [0.29, 0.717) is 0 Å². The highest BCUT2D eigenvalue weighted by Crippen LogP contribution is 2.54. The van der Waals surface area contributed by atoms with E-state index in [1.165, 1.54) is 66.8 Å². The Bertz CT molecular complexity index is 2500. The van der Waals surface area contributed by atoms with Crippen LogP contribution in [0.4, 0.5) is 17.1 Å². The number of hydrogen-bond donors (Lipinski definition) is 0. The van der Waals surface area contributed by atoms with Crippen molar-refractivity contribution in [3.05, 3.63) is 211 Å². The van der Waals surface area contributed by atoms with Gasteiger partial charge in [0.15, 0.2) is 0 Å². The summed E-state index contributed by atoms with van der Waals surface area (Å²) in [6.45, 7) is 4.74. The van der Waals surface area contributed by atoms with Crippen LogP contribution in [-0.2, 0) is 5.41 Å². The smallest absolute Gasteiger partial charge is 0.0474 e. The van der Waals surface area contributed by atoms with Crippen LogP contribution < -0.4 is 4.90 Å². The van der Waals surface area contributed by atoms with Gasteiger partial charge in [0.25, 0.3) is 0 Å². The minimum Gasteiger partial charge on any atom is -0.310 e. The molecule has 52 heavy (non-hydrogen) atoms. The molecular weight excluding hydrogens is 627 g/mol. The van der Waals surface area contributed by atoms with Crippen LogP contribution in [0.5, 0.6) is 0 Å². The Morgan fingerprint density at radius 1 is 0.308 bits per heavy atom. The van der Waals surface area contributed by atoms with Gasteiger partial charge in [-0.15, -0.1) is 0 Å². The molecule has 0 aromatic heterocycles. The highest BCUT2D eigenvalue weighted by Gasteiger charge is 2.38. The van der Waals surface area contributed by atoms with Gasteiger partial charge in [0.05, 0.1) is 0 Å². The molecule has 0 radical (unpaired) electrons. The second-order valence-electron chi connectivity index (χ2n) is 14.2. The maximum Gasteiger partial charge on any atom is 0.0474 e. The maximum atomic E-state index is 2.43. The van der Waals surface area contributed by atoms with Crippen molar-refractivity contribution in [2.24, 2.45) is 0 Å². The Balaban J connectivity index is 1.23. The van der Waals surface area contributed by atoms with Crippen molar-refractivity contribution in [3.63, 3.8) is 0 Å². The summed E-state index contributed by atoms with van der Waals surface area (Å²) in [7, 11) is 0. The molecule has 1 aliphatic carbocycles. The zero-order chi connectivity index (χ0) is 35.1. The number of benzene rings is 8. The minimum absolute atomic E-state index is 0.135. The van der Waals surface area contributed by atoms with Gasteiger partial charge in [0.2, 0.25) is 0 Å². The second kappa shape index (κ2) is 13.0. The lowest BCUT2D eigenvalue weighted by Gasteiger charge is -2.30. The molecule has 0 fully saturated rings. The van der Waals surface area contributed by atoms with Crippen molar-refractivity contribution in [1.29, 1.82) is 0 Å². The first-order valence-electron chi connectivity index (χ1n) is 18.1. The van der Waals surface area contributed by atoms with Gasteiger partial charge in [-0.05, 0) is 103 Å². The molecule has 0 unspecified atom stereocenters. The van der Waals surface area contributed by atoms with Gasteiger partial charge < -0.3 is 4.90 Å². The third-order valence-electron chi connectivity index (χ3n) is 10.6. The number of anilines is 3. The lowest BCUT2D eigenvalue weighted by atomic mass is 9.78. The second-order valence-corrected chi connectivity index (χ2v) is 14.2. The number of rotatable bonds is 7. The van der Waals surface area contributed by atoms with E-state index in [0.717, 1.165) is 17.1 Å². The molecule has 248 valence electrons. The molecule has 0 saturated heterocycles. The average Bonchev–Trinajstić information content (AvgIpc) is 3.45. The zero-order valence-electron chi connectivity index (χ0n) is 29.5. The fourth-order valence-electron chi connectivity index (χ4n) is 8.08. The van der Waals surface area contributed by atoms with E-state index in [9.17, 15) is 0 Å². The zero-order valence-corrected chi connectivity index (χ0v) is 29.5. The summed E-state index contributed by atoms with van der Waals surface area (Å²) in [6.07, 6.45) is 0. The normalized spacial score (nSPS) is 12.6. The molecule has 1 heteroatoms. The third kappa shape index (κ3) is 5.61. The molecule has 8 aromatic rings. The van der Waals surface area contributed by atoms with E-state index in [2.05, 4.69) is 219 Å². The standard InChI is InChI=1S/C51H39N/c1-51(2)49-24-13-12-23-46(49)48-35-45(34-47(50(48)51)41-19-10-5-11-20-41)52(43-31-29-39(30-32-43)37-17-8-4-9-18-37)44-22-14-21-42(33-44)40-27-25-38(26-28-40)36-15-6-3-7-16-36/h3-35H,1-2H3. The monoisotopic (exact) mass is 665 g/mol. The van der Waals surface area contributed by atoms with Gasteiger partial charge in [-0.3, -0.25) is 0 Å². The summed E-state index contributed by atoms with van der Waals surface area (Å²) in [5.41, 5.74) is 18.3. The summed E-state index contributed by atoms with van der Waals surface area (Å²) in [5, 5.41) is 0. The van der Waals surface area contributed by atoms with Crippen molar-refractivity contribution in [1.82, 2.24) is 0 Å². The highest BCUT2D eigenvalue weighted by atomic mass is 15.1. The molecule has 0 spiro atoms. The molecular formula is C51H39N. The number of hydrogen-bond acceptors (Lipinski definition) is 1. The molecule has 0 saturated carbocycles. The Kier molecular flexibility index (Phi) is 7.90. The lowest BCUT2D eigenvalue weighted by Crippen LogP contribution is -2.17. The first-order valence-corrected chi connectivity index (χ1v) is 18.1. The Morgan fingerprint density at radius 2 is 0.769 bits per heavy atom. The summed E-state index contributed by atoms with van der Waals surface area (Å²) >= 11 is 0. The van der Waals surface area contributed by atoms with E-state index in [-0.39, 0.29) is 5.41 Å². The minimum atomic E-state index is -0.135.